The quantitative estimate of drug-likeness (QED) is 0.593. The highest BCUT2D eigenvalue weighted by Gasteiger charge is 2.54. The molecular formula is C19H21F3N2O4S. The third-order valence-electron chi connectivity index (χ3n) is 4.97. The van der Waals surface area contributed by atoms with Crippen molar-refractivity contribution in [3.63, 3.8) is 0 Å². The second-order valence-corrected chi connectivity index (χ2v) is 9.07. The Balaban J connectivity index is 2.09. The zero-order valence-corrected chi connectivity index (χ0v) is 16.7. The number of sulfonamides is 1. The predicted octanol–water partition coefficient (Wildman–Crippen LogP) is 3.82. The third-order valence-corrected chi connectivity index (χ3v) is 7.19. The zero-order chi connectivity index (χ0) is 21.4. The summed E-state index contributed by atoms with van der Waals surface area (Å²) in [5.41, 5.74) is -0.534. The summed E-state index contributed by atoms with van der Waals surface area (Å²) in [6.45, 7) is 1.32. The lowest BCUT2D eigenvalue weighted by molar-refractivity contribution is 0.283. The Hall–Kier alpha value is -2.46. The molecule has 1 saturated carbocycles. The van der Waals surface area contributed by atoms with Crippen molar-refractivity contribution < 1.29 is 31.4 Å². The first-order valence-electron chi connectivity index (χ1n) is 8.86. The molecule has 0 unspecified atom stereocenters. The molecule has 1 aliphatic carbocycles. The van der Waals surface area contributed by atoms with Crippen LogP contribution in [0.2, 0.25) is 0 Å². The van der Waals surface area contributed by atoms with E-state index in [2.05, 4.69) is 10.0 Å². The van der Waals surface area contributed by atoms with Gasteiger partial charge in [0, 0.05) is 12.7 Å². The summed E-state index contributed by atoms with van der Waals surface area (Å²) in [7, 11) is -2.90. The van der Waals surface area contributed by atoms with Crippen LogP contribution in [0.4, 0.5) is 30.2 Å². The molecule has 0 amide bonds. The Morgan fingerprint density at radius 2 is 1.83 bits per heavy atom. The van der Waals surface area contributed by atoms with E-state index in [-0.39, 0.29) is 30.2 Å². The van der Waals surface area contributed by atoms with E-state index in [9.17, 15) is 26.7 Å². The molecule has 3 N–H and O–H groups in total. The lowest BCUT2D eigenvalue weighted by atomic mass is 10.2. The highest BCUT2D eigenvalue weighted by molar-refractivity contribution is 7.94. The number of nitrogens with one attached hydrogen (secondary N) is 2. The summed E-state index contributed by atoms with van der Waals surface area (Å²) in [6.07, 6.45) is 0.651. The average molecular weight is 430 g/mol. The van der Waals surface area contributed by atoms with Gasteiger partial charge in [0.15, 0.2) is 11.6 Å². The summed E-state index contributed by atoms with van der Waals surface area (Å²) in [6, 6.07) is 4.79. The number of aliphatic hydroxyl groups is 1. The molecule has 0 bridgehead atoms. The van der Waals surface area contributed by atoms with Gasteiger partial charge in [0.05, 0.1) is 17.5 Å². The lowest BCUT2D eigenvalue weighted by Crippen LogP contribution is -2.31. The van der Waals surface area contributed by atoms with Gasteiger partial charge in [-0.1, -0.05) is 6.07 Å². The normalized spacial score (nSPS) is 15.1. The van der Waals surface area contributed by atoms with E-state index in [1.807, 2.05) is 0 Å². The van der Waals surface area contributed by atoms with E-state index >= 15 is 0 Å². The van der Waals surface area contributed by atoms with E-state index < -0.39 is 37.9 Å². The molecule has 10 heteroatoms. The summed E-state index contributed by atoms with van der Waals surface area (Å²) in [5, 5.41) is 11.6. The van der Waals surface area contributed by atoms with E-state index in [4.69, 9.17) is 4.74 Å². The molecule has 0 aromatic heterocycles. The van der Waals surface area contributed by atoms with Crippen LogP contribution in [0.5, 0.6) is 5.75 Å². The average Bonchev–Trinajstić information content (AvgIpc) is 3.44. The Morgan fingerprint density at radius 3 is 2.38 bits per heavy atom. The van der Waals surface area contributed by atoms with Gasteiger partial charge in [-0.25, -0.2) is 21.6 Å². The van der Waals surface area contributed by atoms with Gasteiger partial charge >= 0.3 is 0 Å². The van der Waals surface area contributed by atoms with Crippen LogP contribution >= 0.6 is 0 Å². The number of hydrogen-bond donors (Lipinski definition) is 3. The molecule has 3 rings (SSSR count). The summed E-state index contributed by atoms with van der Waals surface area (Å²) < 4.78 is 74.8. The van der Waals surface area contributed by atoms with Crippen LogP contribution in [-0.4, -0.2) is 32.0 Å². The fourth-order valence-electron chi connectivity index (χ4n) is 3.08. The minimum atomic E-state index is -4.07. The maximum absolute atomic E-state index is 14.6. The van der Waals surface area contributed by atoms with E-state index in [0.29, 0.717) is 24.5 Å². The standard InChI is InChI=1S/C19H21F3N2O4S/c1-11-3-4-14(12(20)9-11)23-18-16(22)13(21)10-15(28-2)17(18)24-29(26,27)19(5-6-19)7-8-25/h3-4,9-10,23-25H,5-8H2,1-2H3. The second-order valence-electron chi connectivity index (χ2n) is 7.00. The highest BCUT2D eigenvalue weighted by atomic mass is 32.2. The number of aryl methyl sites for hydroxylation is 1. The SMILES string of the molecule is COc1cc(F)c(F)c(Nc2ccc(C)cc2F)c1NS(=O)(=O)C1(CCO)CC1. The van der Waals surface area contributed by atoms with Gasteiger partial charge in [0.1, 0.15) is 22.9 Å². The first-order chi connectivity index (χ1) is 13.6. The maximum Gasteiger partial charge on any atom is 0.238 e. The maximum atomic E-state index is 14.6. The van der Waals surface area contributed by atoms with Crippen molar-refractivity contribution in [3.05, 3.63) is 47.3 Å². The minimum absolute atomic E-state index is 0.00365. The monoisotopic (exact) mass is 430 g/mol. The van der Waals surface area contributed by atoms with Gasteiger partial charge in [-0.3, -0.25) is 4.72 Å². The molecule has 2 aromatic rings. The van der Waals surface area contributed by atoms with Gasteiger partial charge in [0.25, 0.3) is 0 Å². The molecule has 0 radical (unpaired) electrons. The Morgan fingerprint density at radius 1 is 1.14 bits per heavy atom. The van der Waals surface area contributed by atoms with Crippen molar-refractivity contribution in [1.82, 2.24) is 0 Å². The van der Waals surface area contributed by atoms with Crippen LogP contribution in [0.25, 0.3) is 0 Å². The van der Waals surface area contributed by atoms with Crippen molar-refractivity contribution in [2.45, 2.75) is 30.9 Å². The first kappa shape index (κ1) is 21.3. The number of aliphatic hydroxyl groups excluding tert-OH is 1. The summed E-state index contributed by atoms with van der Waals surface area (Å²) >= 11 is 0. The summed E-state index contributed by atoms with van der Waals surface area (Å²) in [5.74, 6) is -3.69. The lowest BCUT2D eigenvalue weighted by Gasteiger charge is -2.22. The number of benzene rings is 2. The number of methoxy groups -OCH3 is 1. The topological polar surface area (TPSA) is 87.7 Å². The van der Waals surface area contributed by atoms with Gasteiger partial charge in [0.2, 0.25) is 10.0 Å². The summed E-state index contributed by atoms with van der Waals surface area (Å²) in [4.78, 5) is 0. The zero-order valence-electron chi connectivity index (χ0n) is 15.9. The second kappa shape index (κ2) is 7.75. The van der Waals surface area contributed by atoms with Crippen molar-refractivity contribution in [2.24, 2.45) is 0 Å². The molecule has 6 nitrogen and oxygen atoms in total. The highest BCUT2D eigenvalue weighted by Crippen LogP contribution is 2.49. The van der Waals surface area contributed by atoms with Crippen LogP contribution in [0.3, 0.4) is 0 Å². The largest absolute Gasteiger partial charge is 0.494 e. The van der Waals surface area contributed by atoms with Crippen molar-refractivity contribution >= 4 is 27.1 Å². The third kappa shape index (κ3) is 3.99. The van der Waals surface area contributed by atoms with Gasteiger partial charge in [-0.05, 0) is 43.9 Å². The molecule has 0 atom stereocenters. The van der Waals surface area contributed by atoms with Crippen LogP contribution in [0.15, 0.2) is 24.3 Å². The van der Waals surface area contributed by atoms with Crippen LogP contribution in [-0.2, 0) is 10.0 Å². The van der Waals surface area contributed by atoms with Crippen molar-refractivity contribution in [1.29, 1.82) is 0 Å². The molecule has 158 valence electrons. The van der Waals surface area contributed by atoms with E-state index in [1.54, 1.807) is 13.0 Å². The number of anilines is 3. The molecule has 29 heavy (non-hydrogen) atoms. The van der Waals surface area contributed by atoms with Crippen molar-refractivity contribution in [2.75, 3.05) is 23.8 Å². The number of halogens is 3. The van der Waals surface area contributed by atoms with Gasteiger partial charge in [-0.2, -0.15) is 0 Å². The molecule has 2 aromatic carbocycles. The Labute approximate surface area is 166 Å². The van der Waals surface area contributed by atoms with Gasteiger partial charge in [-0.15, -0.1) is 0 Å². The molecule has 0 saturated heterocycles. The first-order valence-corrected chi connectivity index (χ1v) is 10.3. The number of rotatable bonds is 8. The van der Waals surface area contributed by atoms with Crippen LogP contribution < -0.4 is 14.8 Å². The van der Waals surface area contributed by atoms with Crippen molar-refractivity contribution in [3.8, 4) is 5.75 Å². The number of ether oxygens (including phenoxy) is 1. The van der Waals surface area contributed by atoms with Crippen LogP contribution in [0, 0.1) is 24.4 Å². The van der Waals surface area contributed by atoms with E-state index in [0.717, 1.165) is 0 Å². The van der Waals surface area contributed by atoms with Gasteiger partial charge < -0.3 is 15.2 Å². The Kier molecular flexibility index (Phi) is 5.68. The molecule has 0 aliphatic heterocycles. The fourth-order valence-corrected chi connectivity index (χ4v) is 4.77. The number of hydrogen-bond acceptors (Lipinski definition) is 5. The predicted molar refractivity (Wildman–Crippen MR) is 104 cm³/mol. The van der Waals surface area contributed by atoms with Crippen LogP contribution in [0.1, 0.15) is 24.8 Å². The molecule has 0 heterocycles. The molecule has 1 fully saturated rings. The Bertz CT molecular complexity index is 1040. The van der Waals surface area contributed by atoms with E-state index in [1.165, 1.54) is 19.2 Å². The molecule has 1 aliphatic rings. The molecule has 0 spiro atoms. The molecular weight excluding hydrogens is 409 g/mol. The fraction of sp³-hybridized carbons (Fsp3) is 0.368. The minimum Gasteiger partial charge on any atom is -0.494 e. The smallest absolute Gasteiger partial charge is 0.238 e.